The zero-order valence-corrected chi connectivity index (χ0v) is 11.2. The van der Waals surface area contributed by atoms with Crippen molar-refractivity contribution in [2.24, 2.45) is 5.14 Å². The first kappa shape index (κ1) is 14.3. The summed E-state index contributed by atoms with van der Waals surface area (Å²) in [6.07, 6.45) is 0.516. The second-order valence-electron chi connectivity index (χ2n) is 4.44. The fourth-order valence-corrected chi connectivity index (χ4v) is 2.40. The van der Waals surface area contributed by atoms with Gasteiger partial charge in [0.05, 0.1) is 16.3 Å². The van der Waals surface area contributed by atoms with Gasteiger partial charge in [-0.25, -0.2) is 13.6 Å². The van der Waals surface area contributed by atoms with Gasteiger partial charge < -0.3 is 11.1 Å². The minimum Gasteiger partial charge on any atom is -0.397 e. The van der Waals surface area contributed by atoms with Gasteiger partial charge in [0.15, 0.2) is 0 Å². The summed E-state index contributed by atoms with van der Waals surface area (Å²) in [6, 6.07) is 3.27. The lowest BCUT2D eigenvalue weighted by atomic mass is 10.1. The minimum absolute atomic E-state index is 0.110. The molecule has 8 nitrogen and oxygen atoms in total. The molecule has 0 saturated carbocycles. The van der Waals surface area contributed by atoms with Crippen molar-refractivity contribution in [3.63, 3.8) is 0 Å². The fourth-order valence-electron chi connectivity index (χ4n) is 1.86. The summed E-state index contributed by atoms with van der Waals surface area (Å²) in [6.45, 7) is 0. The van der Waals surface area contributed by atoms with Crippen LogP contribution in [0, 0.1) is 0 Å². The second kappa shape index (κ2) is 5.10. The van der Waals surface area contributed by atoms with E-state index in [-0.39, 0.29) is 28.6 Å². The molecule has 1 fully saturated rings. The smallest absolute Gasteiger partial charge is 0.249 e. The predicted molar refractivity (Wildman–Crippen MR) is 72.0 cm³/mol. The van der Waals surface area contributed by atoms with Crippen molar-refractivity contribution in [1.82, 2.24) is 5.32 Å². The first-order valence-electron chi connectivity index (χ1n) is 5.80. The molecule has 0 aliphatic carbocycles. The van der Waals surface area contributed by atoms with Crippen LogP contribution in [-0.2, 0) is 19.6 Å². The van der Waals surface area contributed by atoms with Crippen LogP contribution in [0.5, 0.6) is 0 Å². The maximum Gasteiger partial charge on any atom is 0.249 e. The molecule has 1 aromatic rings. The average molecular weight is 298 g/mol. The number of nitrogens with two attached hydrogens (primary N) is 2. The van der Waals surface area contributed by atoms with Crippen LogP contribution in [-0.4, -0.2) is 26.3 Å². The molecule has 1 unspecified atom stereocenters. The Labute approximate surface area is 115 Å². The maximum atomic E-state index is 11.6. The summed E-state index contributed by atoms with van der Waals surface area (Å²) >= 11 is 0. The Hall–Kier alpha value is -2.13. The van der Waals surface area contributed by atoms with E-state index in [1.165, 1.54) is 18.2 Å². The van der Waals surface area contributed by atoms with E-state index in [9.17, 15) is 18.0 Å². The van der Waals surface area contributed by atoms with E-state index in [1.807, 2.05) is 0 Å². The Morgan fingerprint density at radius 2 is 2.00 bits per heavy atom. The molecule has 2 amide bonds. The van der Waals surface area contributed by atoms with E-state index in [4.69, 9.17) is 10.9 Å². The monoisotopic (exact) mass is 298 g/mol. The van der Waals surface area contributed by atoms with Crippen LogP contribution in [0.15, 0.2) is 23.1 Å². The first-order chi connectivity index (χ1) is 9.27. The Morgan fingerprint density at radius 1 is 1.30 bits per heavy atom. The third-order valence-corrected chi connectivity index (χ3v) is 3.83. The number of nitrogens with one attached hydrogen (secondary N) is 2. The second-order valence-corrected chi connectivity index (χ2v) is 6.00. The summed E-state index contributed by atoms with van der Waals surface area (Å²) in [7, 11) is -3.86. The van der Waals surface area contributed by atoms with Crippen molar-refractivity contribution in [3.05, 3.63) is 18.2 Å². The predicted octanol–water partition coefficient (Wildman–Crippen LogP) is -0.867. The van der Waals surface area contributed by atoms with Crippen LogP contribution in [0.1, 0.15) is 12.8 Å². The van der Waals surface area contributed by atoms with Crippen LogP contribution in [0.3, 0.4) is 0 Å². The fraction of sp³-hybridized carbons (Fsp3) is 0.273. The van der Waals surface area contributed by atoms with Gasteiger partial charge in [-0.3, -0.25) is 14.9 Å². The number of amides is 2. The van der Waals surface area contributed by atoms with Gasteiger partial charge in [-0.05, 0) is 24.6 Å². The first-order valence-corrected chi connectivity index (χ1v) is 7.34. The average Bonchev–Trinajstić information content (AvgIpc) is 2.33. The highest BCUT2D eigenvalue weighted by molar-refractivity contribution is 7.89. The number of nitrogen functional groups attached to an aromatic ring is 1. The summed E-state index contributed by atoms with van der Waals surface area (Å²) in [5.41, 5.74) is 6.29. The normalized spacial score (nSPS) is 19.6. The lowest BCUT2D eigenvalue weighted by Crippen LogP contribution is -2.47. The lowest BCUT2D eigenvalue weighted by molar-refractivity contribution is -0.133. The number of rotatable bonds is 3. The van der Waals surface area contributed by atoms with Crippen LogP contribution in [0.25, 0.3) is 0 Å². The molecule has 2 rings (SSSR count). The van der Waals surface area contributed by atoms with Crippen molar-refractivity contribution in [2.75, 3.05) is 11.1 Å². The Kier molecular flexibility index (Phi) is 3.64. The molecule has 6 N–H and O–H groups in total. The molecule has 1 atom stereocenters. The van der Waals surface area contributed by atoms with Gasteiger partial charge >= 0.3 is 0 Å². The number of carbonyl (C=O) groups excluding carboxylic acids is 2. The quantitative estimate of drug-likeness (QED) is 0.422. The molecule has 20 heavy (non-hydrogen) atoms. The molecular weight excluding hydrogens is 284 g/mol. The Bertz CT molecular complexity index is 671. The van der Waals surface area contributed by atoms with Gasteiger partial charge in [0, 0.05) is 6.42 Å². The number of imide groups is 1. The lowest BCUT2D eigenvalue weighted by Gasteiger charge is -2.23. The van der Waals surface area contributed by atoms with Crippen molar-refractivity contribution >= 4 is 33.2 Å². The number of sulfonamides is 1. The van der Waals surface area contributed by atoms with Gasteiger partial charge in [0.25, 0.3) is 0 Å². The minimum atomic E-state index is -3.86. The zero-order valence-electron chi connectivity index (χ0n) is 10.4. The van der Waals surface area contributed by atoms with E-state index < -0.39 is 22.0 Å². The molecule has 1 saturated heterocycles. The van der Waals surface area contributed by atoms with E-state index in [0.717, 1.165) is 0 Å². The van der Waals surface area contributed by atoms with E-state index in [1.54, 1.807) is 0 Å². The molecule has 9 heteroatoms. The summed E-state index contributed by atoms with van der Waals surface area (Å²) in [5.74, 6) is -0.805. The van der Waals surface area contributed by atoms with Crippen LogP contribution < -0.4 is 21.5 Å². The molecule has 0 spiro atoms. The summed E-state index contributed by atoms with van der Waals surface area (Å²) < 4.78 is 22.6. The van der Waals surface area contributed by atoms with Crippen molar-refractivity contribution in [2.45, 2.75) is 23.8 Å². The van der Waals surface area contributed by atoms with Gasteiger partial charge in [-0.1, -0.05) is 0 Å². The third-order valence-electron chi connectivity index (χ3n) is 2.92. The molecule has 1 heterocycles. The largest absolute Gasteiger partial charge is 0.397 e. The highest BCUT2D eigenvalue weighted by Crippen LogP contribution is 2.24. The van der Waals surface area contributed by atoms with Crippen LogP contribution >= 0.6 is 0 Å². The highest BCUT2D eigenvalue weighted by Gasteiger charge is 2.27. The molecule has 1 aromatic carbocycles. The highest BCUT2D eigenvalue weighted by atomic mass is 32.2. The SMILES string of the molecule is Nc1ccc(S(N)(=O)=O)cc1NC1CCC(=O)NC1=O. The van der Waals surface area contributed by atoms with E-state index in [0.29, 0.717) is 6.42 Å². The van der Waals surface area contributed by atoms with Gasteiger partial charge in [0.1, 0.15) is 6.04 Å². The van der Waals surface area contributed by atoms with Crippen LogP contribution in [0.4, 0.5) is 11.4 Å². The van der Waals surface area contributed by atoms with Gasteiger partial charge in [-0.15, -0.1) is 0 Å². The standard InChI is InChI=1S/C11H14N4O4S/c12-7-2-1-6(20(13,18)19)5-9(7)14-8-3-4-10(16)15-11(8)17/h1-2,5,8,14H,3-4,12H2,(H2,13,18,19)(H,15,16,17). The molecule has 108 valence electrons. The van der Waals surface area contributed by atoms with Crippen molar-refractivity contribution < 1.29 is 18.0 Å². The van der Waals surface area contributed by atoms with Gasteiger partial charge in [0.2, 0.25) is 21.8 Å². The summed E-state index contributed by atoms with van der Waals surface area (Å²) in [5, 5.41) is 10.0. The third kappa shape index (κ3) is 3.06. The molecule has 0 radical (unpaired) electrons. The van der Waals surface area contributed by atoms with Gasteiger partial charge in [-0.2, -0.15) is 0 Å². The topological polar surface area (TPSA) is 144 Å². The number of hydrogen-bond donors (Lipinski definition) is 4. The van der Waals surface area contributed by atoms with Crippen molar-refractivity contribution in [1.29, 1.82) is 0 Å². The number of hydrogen-bond acceptors (Lipinski definition) is 6. The van der Waals surface area contributed by atoms with E-state index in [2.05, 4.69) is 10.6 Å². The molecule has 1 aliphatic rings. The number of anilines is 2. The Balaban J connectivity index is 2.25. The van der Waals surface area contributed by atoms with Crippen LogP contribution in [0.2, 0.25) is 0 Å². The zero-order chi connectivity index (χ0) is 14.9. The molecular formula is C11H14N4O4S. The molecule has 1 aliphatic heterocycles. The number of primary sulfonamides is 1. The molecule has 0 bridgehead atoms. The number of benzene rings is 1. The van der Waals surface area contributed by atoms with E-state index >= 15 is 0 Å². The summed E-state index contributed by atoms with van der Waals surface area (Å²) in [4.78, 5) is 22.6. The van der Waals surface area contributed by atoms with Crippen molar-refractivity contribution in [3.8, 4) is 0 Å². The maximum absolute atomic E-state index is 11.6. The molecule has 0 aromatic heterocycles. The number of piperidine rings is 1. The number of carbonyl (C=O) groups is 2. The Morgan fingerprint density at radius 3 is 2.60 bits per heavy atom.